The van der Waals surface area contributed by atoms with Crippen molar-refractivity contribution in [2.45, 2.75) is 152 Å². The zero-order valence-corrected chi connectivity index (χ0v) is 28.9. The first-order chi connectivity index (χ1) is 23.6. The predicted molar refractivity (Wildman–Crippen MR) is 181 cm³/mol. The highest BCUT2D eigenvalue weighted by molar-refractivity contribution is 5.69. The molecular weight excluding hydrogens is 640 g/mol. The maximum atomic E-state index is 12.5. The molecule has 2 fully saturated rings. The van der Waals surface area contributed by atoms with Crippen LogP contribution in [0, 0.1) is 0 Å². The predicted octanol–water partition coefficient (Wildman–Crippen LogP) is 2.09. The number of aliphatic hydroxyl groups excluding tert-OH is 7. The highest BCUT2D eigenvalue weighted by Gasteiger charge is 2.46. The van der Waals surface area contributed by atoms with E-state index in [0.717, 1.165) is 25.7 Å². The number of allylic oxidation sites excluding steroid dienone is 8. The maximum Gasteiger partial charge on any atom is 0.305 e. The van der Waals surface area contributed by atoms with Crippen LogP contribution < -0.4 is 0 Å². The van der Waals surface area contributed by atoms with Gasteiger partial charge in [-0.3, -0.25) is 4.79 Å². The zero-order valence-electron chi connectivity index (χ0n) is 28.9. The van der Waals surface area contributed by atoms with Crippen molar-refractivity contribution in [1.82, 2.24) is 0 Å². The van der Waals surface area contributed by atoms with Gasteiger partial charge in [0.25, 0.3) is 0 Å². The molecule has 0 aliphatic carbocycles. The molecular formula is C36H60O13. The number of unbranched alkanes of at least 4 members (excludes halogenated alkanes) is 4. The molecule has 0 saturated carbocycles. The van der Waals surface area contributed by atoms with Gasteiger partial charge in [-0.2, -0.15) is 0 Å². The van der Waals surface area contributed by atoms with E-state index in [1.54, 1.807) is 6.92 Å². The third-order valence-corrected chi connectivity index (χ3v) is 8.33. The average Bonchev–Trinajstić information content (AvgIpc) is 3.10. The fraction of sp³-hybridized carbons (Fsp3) is 0.750. The Bertz CT molecular complexity index is 997. The van der Waals surface area contributed by atoms with Crippen LogP contribution in [-0.2, 0) is 28.5 Å². The van der Waals surface area contributed by atoms with Gasteiger partial charge in [-0.05, 0) is 51.4 Å². The number of hydrogen-bond acceptors (Lipinski definition) is 13. The van der Waals surface area contributed by atoms with Gasteiger partial charge in [0.1, 0.15) is 55.4 Å². The number of rotatable bonds is 23. The largest absolute Gasteiger partial charge is 0.463 e. The first-order valence-corrected chi connectivity index (χ1v) is 17.7. The van der Waals surface area contributed by atoms with Gasteiger partial charge in [0, 0.05) is 6.42 Å². The van der Waals surface area contributed by atoms with Crippen molar-refractivity contribution in [3.63, 3.8) is 0 Å². The van der Waals surface area contributed by atoms with Crippen LogP contribution >= 0.6 is 0 Å². The molecule has 2 heterocycles. The quantitative estimate of drug-likeness (QED) is 0.0464. The van der Waals surface area contributed by atoms with E-state index in [1.165, 1.54) is 19.3 Å². The zero-order chi connectivity index (χ0) is 36.0. The lowest BCUT2D eigenvalue weighted by Crippen LogP contribution is -2.60. The summed E-state index contributed by atoms with van der Waals surface area (Å²) >= 11 is 0. The minimum atomic E-state index is -1.71. The molecule has 0 radical (unpaired) electrons. The maximum absolute atomic E-state index is 12.5. The van der Waals surface area contributed by atoms with E-state index in [2.05, 4.69) is 43.4 Å². The van der Waals surface area contributed by atoms with E-state index >= 15 is 0 Å². The summed E-state index contributed by atoms with van der Waals surface area (Å²) in [5.74, 6) is -0.517. The van der Waals surface area contributed by atoms with Crippen LogP contribution in [0.5, 0.6) is 0 Å². The average molecular weight is 701 g/mol. The summed E-state index contributed by atoms with van der Waals surface area (Å²) in [6.07, 6.45) is 10.8. The van der Waals surface area contributed by atoms with Crippen molar-refractivity contribution in [2.75, 3.05) is 19.8 Å². The molecule has 7 N–H and O–H groups in total. The molecule has 2 aliphatic heterocycles. The molecule has 0 aromatic heterocycles. The summed E-state index contributed by atoms with van der Waals surface area (Å²) < 4.78 is 27.7. The van der Waals surface area contributed by atoms with Gasteiger partial charge in [-0.25, -0.2) is 0 Å². The molecule has 1 unspecified atom stereocenters. The van der Waals surface area contributed by atoms with Crippen molar-refractivity contribution >= 4 is 5.97 Å². The molecule has 0 aromatic carbocycles. The minimum absolute atomic E-state index is 0.123. The van der Waals surface area contributed by atoms with Crippen molar-refractivity contribution in [2.24, 2.45) is 0 Å². The molecule has 13 nitrogen and oxygen atoms in total. The molecule has 2 saturated heterocycles. The van der Waals surface area contributed by atoms with E-state index in [9.17, 15) is 40.5 Å². The summed E-state index contributed by atoms with van der Waals surface area (Å²) in [4.78, 5) is 12.5. The van der Waals surface area contributed by atoms with Gasteiger partial charge in [-0.1, -0.05) is 75.3 Å². The van der Waals surface area contributed by atoms with Gasteiger partial charge in [-0.15, -0.1) is 0 Å². The van der Waals surface area contributed by atoms with Crippen molar-refractivity contribution in [1.29, 1.82) is 0 Å². The Morgan fingerprint density at radius 2 is 1.18 bits per heavy atom. The summed E-state index contributed by atoms with van der Waals surface area (Å²) in [5, 5.41) is 70.8. The van der Waals surface area contributed by atoms with E-state index in [0.29, 0.717) is 19.3 Å². The van der Waals surface area contributed by atoms with Crippen molar-refractivity contribution < 1.29 is 64.2 Å². The molecule has 0 aromatic rings. The number of aliphatic hydroxyl groups is 7. The molecule has 2 aliphatic rings. The van der Waals surface area contributed by atoms with E-state index in [1.807, 2.05) is 12.2 Å². The number of ether oxygens (including phenoxy) is 5. The van der Waals surface area contributed by atoms with Crippen molar-refractivity contribution in [3.8, 4) is 0 Å². The van der Waals surface area contributed by atoms with Crippen molar-refractivity contribution in [3.05, 3.63) is 48.6 Å². The molecule has 0 spiro atoms. The third kappa shape index (κ3) is 15.8. The van der Waals surface area contributed by atoms with Crippen LogP contribution in [0.2, 0.25) is 0 Å². The Morgan fingerprint density at radius 3 is 1.76 bits per heavy atom. The molecule has 0 bridgehead atoms. The number of esters is 1. The SMILES string of the molecule is CCCCC/C=C\C/C=C\C/C=C\C/C=C\CCCC(=O)OCC(CO[C@@H]1O[C@H](CC)[C@@H](O)[C@H](O)[C@H]1O)O[C@@H]1O[C@H](CO)[C@@H](O)[C@H](O)[C@H]1O. The first kappa shape index (κ1) is 43.2. The second-order valence-electron chi connectivity index (χ2n) is 12.4. The number of carbonyl (C=O) groups excluding carboxylic acids is 1. The summed E-state index contributed by atoms with van der Waals surface area (Å²) in [5.41, 5.74) is 0. The van der Waals surface area contributed by atoms with Gasteiger partial charge >= 0.3 is 5.97 Å². The van der Waals surface area contributed by atoms with Crippen LogP contribution in [0.3, 0.4) is 0 Å². The Labute approximate surface area is 290 Å². The standard InChI is InChI=1S/C36H60O13/c1-3-5-6-7-8-9-10-11-12-13-14-15-16-17-18-19-20-21-28(38)45-23-25(47-36-34(44)32(42)30(40)27(22-37)49-36)24-46-35-33(43)31(41)29(39)26(4-2)48-35/h8-9,11-12,14-15,17-18,25-27,29-37,39-44H,3-7,10,13,16,19-24H2,1-2H3/b9-8-,12-11-,15-14-,18-17-/t25?,26-,27-,29-,30-,31+,32+,33-,34-,35-,36-/m1/s1. The summed E-state index contributed by atoms with van der Waals surface area (Å²) in [6, 6.07) is 0. The van der Waals surface area contributed by atoms with E-state index in [-0.39, 0.29) is 19.6 Å². The second-order valence-corrected chi connectivity index (χ2v) is 12.4. The Morgan fingerprint density at radius 1 is 0.653 bits per heavy atom. The Kier molecular flexibility index (Phi) is 22.0. The molecule has 13 heteroatoms. The highest BCUT2D eigenvalue weighted by atomic mass is 16.7. The fourth-order valence-electron chi connectivity index (χ4n) is 5.27. The van der Waals surface area contributed by atoms with Gasteiger partial charge in [0.15, 0.2) is 12.6 Å². The number of carbonyl (C=O) groups is 1. The molecule has 282 valence electrons. The molecule has 2 rings (SSSR count). The monoisotopic (exact) mass is 700 g/mol. The van der Waals surface area contributed by atoms with Crippen LogP contribution in [0.1, 0.15) is 84.5 Å². The summed E-state index contributed by atoms with van der Waals surface area (Å²) in [7, 11) is 0. The lowest BCUT2D eigenvalue weighted by molar-refractivity contribution is -0.329. The molecule has 49 heavy (non-hydrogen) atoms. The second kappa shape index (κ2) is 25.0. The van der Waals surface area contributed by atoms with E-state index < -0.39 is 80.1 Å². The van der Waals surface area contributed by atoms with Crippen LogP contribution in [-0.4, -0.2) is 129 Å². The first-order valence-electron chi connectivity index (χ1n) is 17.7. The van der Waals surface area contributed by atoms with Crippen LogP contribution in [0.15, 0.2) is 48.6 Å². The van der Waals surface area contributed by atoms with E-state index in [4.69, 9.17) is 23.7 Å². The molecule has 0 amide bonds. The Hall–Kier alpha value is -2.01. The van der Waals surface area contributed by atoms with Crippen LogP contribution in [0.25, 0.3) is 0 Å². The van der Waals surface area contributed by atoms with Crippen LogP contribution in [0.4, 0.5) is 0 Å². The lowest BCUT2D eigenvalue weighted by atomic mass is 9.97. The number of hydrogen-bond donors (Lipinski definition) is 7. The topological polar surface area (TPSA) is 205 Å². The van der Waals surface area contributed by atoms with Gasteiger partial charge in [0.2, 0.25) is 0 Å². The smallest absolute Gasteiger partial charge is 0.305 e. The highest BCUT2D eigenvalue weighted by Crippen LogP contribution is 2.26. The molecule has 11 atom stereocenters. The van der Waals surface area contributed by atoms with Gasteiger partial charge in [0.05, 0.1) is 19.3 Å². The normalized spacial score (nSPS) is 31.8. The Balaban J connectivity index is 1.79. The summed E-state index contributed by atoms with van der Waals surface area (Å²) in [6.45, 7) is 2.51. The third-order valence-electron chi connectivity index (χ3n) is 8.33. The van der Waals surface area contributed by atoms with Gasteiger partial charge < -0.3 is 59.4 Å². The minimum Gasteiger partial charge on any atom is -0.463 e. The fourth-order valence-corrected chi connectivity index (χ4v) is 5.27. The lowest BCUT2D eigenvalue weighted by Gasteiger charge is -2.42.